The summed E-state index contributed by atoms with van der Waals surface area (Å²) in [6, 6.07) is 4.81. The Hall–Kier alpha value is -0.300. The highest BCUT2D eigenvalue weighted by Gasteiger charge is 2.34. The number of halogens is 2. The van der Waals surface area contributed by atoms with Gasteiger partial charge >= 0.3 is 0 Å². The average molecular weight is 404 g/mol. The maximum Gasteiger partial charge on any atom is 0.161 e. The summed E-state index contributed by atoms with van der Waals surface area (Å²) in [5.41, 5.74) is 1.39. The molecule has 1 heterocycles. The number of hydrogen-bond donors (Lipinski definition) is 1. The first-order valence-corrected chi connectivity index (χ1v) is 9.13. The van der Waals surface area contributed by atoms with Gasteiger partial charge in [0.2, 0.25) is 0 Å². The third-order valence-electron chi connectivity index (χ3n) is 4.16. The maximum atomic E-state index is 13.1. The summed E-state index contributed by atoms with van der Waals surface area (Å²) in [6.07, 6.45) is 6.74. The van der Waals surface area contributed by atoms with Crippen molar-refractivity contribution in [3.05, 3.63) is 27.6 Å². The molecule has 20 heavy (non-hydrogen) atoms. The van der Waals surface area contributed by atoms with Crippen LogP contribution in [0.5, 0.6) is 0 Å². The molecule has 0 amide bonds. The van der Waals surface area contributed by atoms with Crippen molar-refractivity contribution in [2.45, 2.75) is 32.1 Å². The van der Waals surface area contributed by atoms with E-state index in [0.29, 0.717) is 5.41 Å². The molecule has 1 aliphatic heterocycles. The number of aliphatic imine (C=N–C) groups is 1. The molecule has 108 valence electrons. The lowest BCUT2D eigenvalue weighted by Gasteiger charge is -2.38. The fourth-order valence-corrected chi connectivity index (χ4v) is 4.71. The molecule has 1 aromatic rings. The molecule has 3 rings (SSSR count). The summed E-state index contributed by atoms with van der Waals surface area (Å²) >= 11 is 3.97. The van der Waals surface area contributed by atoms with Crippen LogP contribution >= 0.6 is 34.4 Å². The molecule has 1 spiro atoms. The Kier molecular flexibility index (Phi) is 4.55. The summed E-state index contributed by atoms with van der Waals surface area (Å²) in [6.45, 7) is 0.945. The van der Waals surface area contributed by atoms with Gasteiger partial charge in [-0.2, -0.15) is 0 Å². The Morgan fingerprint density at radius 3 is 2.70 bits per heavy atom. The van der Waals surface area contributed by atoms with Gasteiger partial charge < -0.3 is 5.32 Å². The number of benzene rings is 1. The van der Waals surface area contributed by atoms with Crippen molar-refractivity contribution in [3.63, 3.8) is 0 Å². The van der Waals surface area contributed by atoms with E-state index in [-0.39, 0.29) is 5.82 Å². The van der Waals surface area contributed by atoms with E-state index in [4.69, 9.17) is 4.99 Å². The lowest BCUT2D eigenvalue weighted by molar-refractivity contribution is 0.232. The lowest BCUT2D eigenvalue weighted by atomic mass is 9.75. The van der Waals surface area contributed by atoms with Gasteiger partial charge in [0, 0.05) is 15.9 Å². The third-order valence-corrected chi connectivity index (χ3v) is 6.31. The van der Waals surface area contributed by atoms with Gasteiger partial charge in [-0.25, -0.2) is 4.39 Å². The zero-order valence-corrected chi connectivity index (χ0v) is 14.3. The minimum Gasteiger partial charge on any atom is -0.334 e. The molecule has 2 nitrogen and oxygen atoms in total. The quantitative estimate of drug-likeness (QED) is 0.674. The number of thioether (sulfide) groups is 1. The fourth-order valence-electron chi connectivity index (χ4n) is 2.94. The molecule has 1 saturated carbocycles. The van der Waals surface area contributed by atoms with Gasteiger partial charge in [0.15, 0.2) is 5.17 Å². The van der Waals surface area contributed by atoms with E-state index in [1.807, 2.05) is 11.8 Å². The second kappa shape index (κ2) is 6.22. The number of amidine groups is 1. The molecule has 5 heteroatoms. The average Bonchev–Trinajstić information content (AvgIpc) is 2.45. The number of nitrogens with one attached hydrogen (secondary N) is 1. The van der Waals surface area contributed by atoms with Crippen LogP contribution < -0.4 is 5.32 Å². The van der Waals surface area contributed by atoms with E-state index in [9.17, 15) is 4.39 Å². The molecule has 0 bridgehead atoms. The van der Waals surface area contributed by atoms with Crippen LogP contribution in [0.1, 0.15) is 32.1 Å². The molecule has 0 aromatic heterocycles. The smallest absolute Gasteiger partial charge is 0.161 e. The zero-order chi connectivity index (χ0) is 14.0. The molecule has 0 unspecified atom stereocenters. The molecular formula is C15H18FIN2S. The number of anilines is 1. The Bertz CT molecular complexity index is 527. The highest BCUT2D eigenvalue weighted by Crippen LogP contribution is 2.42. The predicted octanol–water partition coefficient (Wildman–Crippen LogP) is 4.90. The molecular weight excluding hydrogens is 386 g/mol. The highest BCUT2D eigenvalue weighted by atomic mass is 127. The van der Waals surface area contributed by atoms with Crippen LogP contribution in [-0.4, -0.2) is 17.5 Å². The van der Waals surface area contributed by atoms with Crippen LogP contribution in [0.15, 0.2) is 23.2 Å². The summed E-state index contributed by atoms with van der Waals surface area (Å²) < 4.78 is 14.0. The molecule has 0 radical (unpaired) electrons. The van der Waals surface area contributed by atoms with E-state index in [1.54, 1.807) is 12.1 Å². The second-order valence-corrected chi connectivity index (χ2v) is 7.85. The number of nitrogens with zero attached hydrogens (tertiary/aromatic N) is 1. The van der Waals surface area contributed by atoms with Gasteiger partial charge in [-0.05, 0) is 59.0 Å². The van der Waals surface area contributed by atoms with Gasteiger partial charge in [0.1, 0.15) is 5.82 Å². The van der Waals surface area contributed by atoms with Gasteiger partial charge in [-0.3, -0.25) is 4.99 Å². The van der Waals surface area contributed by atoms with Crippen LogP contribution in [0.25, 0.3) is 0 Å². The Morgan fingerprint density at radius 1 is 1.25 bits per heavy atom. The summed E-state index contributed by atoms with van der Waals surface area (Å²) in [7, 11) is 0. The van der Waals surface area contributed by atoms with Crippen LogP contribution in [0, 0.1) is 14.8 Å². The SMILES string of the molecule is Fc1ccc(NC2=NCC3(CCCCC3)CS2)c(I)c1. The van der Waals surface area contributed by atoms with Crippen molar-refractivity contribution in [3.8, 4) is 0 Å². The first kappa shape index (κ1) is 14.6. The Morgan fingerprint density at radius 2 is 2.05 bits per heavy atom. The van der Waals surface area contributed by atoms with E-state index >= 15 is 0 Å². The maximum absolute atomic E-state index is 13.1. The minimum absolute atomic E-state index is 0.195. The fraction of sp³-hybridized carbons (Fsp3) is 0.533. The Balaban J connectivity index is 1.67. The van der Waals surface area contributed by atoms with Crippen molar-refractivity contribution in [1.82, 2.24) is 0 Å². The topological polar surface area (TPSA) is 24.4 Å². The first-order chi connectivity index (χ1) is 9.67. The predicted molar refractivity (Wildman–Crippen MR) is 93.0 cm³/mol. The monoisotopic (exact) mass is 404 g/mol. The molecule has 1 N–H and O–H groups in total. The van der Waals surface area contributed by atoms with E-state index in [2.05, 4.69) is 27.9 Å². The van der Waals surface area contributed by atoms with Crippen LogP contribution in [0.2, 0.25) is 0 Å². The van der Waals surface area contributed by atoms with E-state index in [0.717, 1.165) is 26.7 Å². The van der Waals surface area contributed by atoms with Crippen molar-refractivity contribution < 1.29 is 4.39 Å². The number of rotatable bonds is 1. The highest BCUT2D eigenvalue weighted by molar-refractivity contribution is 14.1. The van der Waals surface area contributed by atoms with Crippen molar-refractivity contribution in [1.29, 1.82) is 0 Å². The summed E-state index contributed by atoms with van der Waals surface area (Å²) in [5.74, 6) is 0.968. The largest absolute Gasteiger partial charge is 0.334 e. The molecule has 0 atom stereocenters. The molecule has 0 saturated heterocycles. The zero-order valence-electron chi connectivity index (χ0n) is 11.3. The van der Waals surface area contributed by atoms with Crippen molar-refractivity contribution in [2.24, 2.45) is 10.4 Å². The van der Waals surface area contributed by atoms with Gasteiger partial charge in [-0.15, -0.1) is 0 Å². The van der Waals surface area contributed by atoms with E-state index < -0.39 is 0 Å². The van der Waals surface area contributed by atoms with Crippen LogP contribution in [0.4, 0.5) is 10.1 Å². The Labute approximate surface area is 137 Å². The third kappa shape index (κ3) is 3.30. The molecule has 1 fully saturated rings. The standard InChI is InChI=1S/C15H18FIN2S/c16-11-4-5-13(12(17)8-11)19-14-18-9-15(10-20-14)6-2-1-3-7-15/h4-5,8H,1-3,6-7,9-10H2,(H,18,19). The van der Waals surface area contributed by atoms with E-state index in [1.165, 1.54) is 38.2 Å². The van der Waals surface area contributed by atoms with Gasteiger partial charge in [-0.1, -0.05) is 31.0 Å². The first-order valence-electron chi connectivity index (χ1n) is 7.06. The van der Waals surface area contributed by atoms with Crippen molar-refractivity contribution >= 4 is 45.2 Å². The summed E-state index contributed by atoms with van der Waals surface area (Å²) in [4.78, 5) is 4.74. The molecule has 2 aliphatic rings. The van der Waals surface area contributed by atoms with Gasteiger partial charge in [0.05, 0.1) is 5.69 Å². The van der Waals surface area contributed by atoms with Crippen LogP contribution in [0.3, 0.4) is 0 Å². The lowest BCUT2D eigenvalue weighted by Crippen LogP contribution is -2.35. The van der Waals surface area contributed by atoms with Gasteiger partial charge in [0.25, 0.3) is 0 Å². The van der Waals surface area contributed by atoms with Crippen LogP contribution in [-0.2, 0) is 0 Å². The molecule has 1 aromatic carbocycles. The van der Waals surface area contributed by atoms with Crippen molar-refractivity contribution in [2.75, 3.05) is 17.6 Å². The second-order valence-electron chi connectivity index (χ2n) is 5.72. The normalized spacial score (nSPS) is 21.6. The minimum atomic E-state index is -0.195. The molecule has 1 aliphatic carbocycles. The summed E-state index contributed by atoms with van der Waals surface area (Å²) in [5, 5.41) is 4.31. The number of hydrogen-bond acceptors (Lipinski definition) is 3.